The summed E-state index contributed by atoms with van der Waals surface area (Å²) in [6.07, 6.45) is 0. The maximum absolute atomic E-state index is 14.1. The highest BCUT2D eigenvalue weighted by atomic mass is 16.2. The Bertz CT molecular complexity index is 1510. The van der Waals surface area contributed by atoms with Crippen LogP contribution < -0.4 is 10.6 Å². The van der Waals surface area contributed by atoms with Crippen LogP contribution in [0, 0.1) is 0 Å². The second kappa shape index (κ2) is 7.53. The Kier molecular flexibility index (Phi) is 4.37. The minimum Gasteiger partial charge on any atom is -0.398 e. The number of aromatic amines is 1. The summed E-state index contributed by atoms with van der Waals surface area (Å²) < 4.78 is 0. The Morgan fingerprint density at radius 1 is 0.758 bits per heavy atom. The zero-order chi connectivity index (χ0) is 22.4. The van der Waals surface area contributed by atoms with Gasteiger partial charge in [0.25, 0.3) is 5.91 Å². The lowest BCUT2D eigenvalue weighted by atomic mass is 9.92. The van der Waals surface area contributed by atoms with Gasteiger partial charge >= 0.3 is 0 Å². The molecule has 0 radical (unpaired) electrons. The molecule has 33 heavy (non-hydrogen) atoms. The number of amides is 1. The fraction of sp³-hybridized carbons (Fsp3) is 0. The number of carbonyl (C=O) groups excluding carboxylic acids is 1. The van der Waals surface area contributed by atoms with Crippen molar-refractivity contribution in [2.24, 2.45) is 0 Å². The van der Waals surface area contributed by atoms with E-state index in [0.29, 0.717) is 11.3 Å². The van der Waals surface area contributed by atoms with E-state index < -0.39 is 0 Å². The molecule has 0 saturated heterocycles. The molecule has 1 aliphatic heterocycles. The van der Waals surface area contributed by atoms with Gasteiger partial charge in [0.2, 0.25) is 0 Å². The molecule has 0 fully saturated rings. The molecule has 4 aromatic carbocycles. The van der Waals surface area contributed by atoms with Crippen molar-refractivity contribution in [1.29, 1.82) is 0 Å². The number of nitrogen functional groups attached to an aromatic ring is 1. The van der Waals surface area contributed by atoms with Crippen LogP contribution in [0.15, 0.2) is 109 Å². The summed E-state index contributed by atoms with van der Waals surface area (Å²) in [5, 5.41) is 1.08. The highest BCUT2D eigenvalue weighted by Gasteiger charge is 2.36. The number of anilines is 3. The van der Waals surface area contributed by atoms with Gasteiger partial charge in [-0.2, -0.15) is 0 Å². The second-order valence-corrected chi connectivity index (χ2v) is 8.10. The first kappa shape index (κ1) is 19.1. The predicted octanol–water partition coefficient (Wildman–Crippen LogP) is 6.39. The van der Waals surface area contributed by atoms with E-state index in [1.54, 1.807) is 4.90 Å². The molecule has 6 rings (SSSR count). The molecule has 1 amide bonds. The molecule has 158 valence electrons. The molecule has 1 aromatic heterocycles. The number of fused-ring (bicyclic) bond motifs is 2. The van der Waals surface area contributed by atoms with E-state index in [1.165, 1.54) is 0 Å². The quantitative estimate of drug-likeness (QED) is 0.259. The smallest absolute Gasteiger partial charge is 0.264 e. The number of nitrogens with zero attached hydrogens (tertiary/aromatic N) is 1. The Morgan fingerprint density at radius 2 is 1.45 bits per heavy atom. The monoisotopic (exact) mass is 427 g/mol. The Labute approximate surface area is 191 Å². The third-order valence-corrected chi connectivity index (χ3v) is 6.13. The lowest BCUT2D eigenvalue weighted by Gasteiger charge is -2.17. The van der Waals surface area contributed by atoms with E-state index in [2.05, 4.69) is 17.1 Å². The average molecular weight is 428 g/mol. The maximum atomic E-state index is 14.1. The lowest BCUT2D eigenvalue weighted by Crippen LogP contribution is -2.21. The number of benzene rings is 4. The van der Waals surface area contributed by atoms with E-state index >= 15 is 0 Å². The summed E-state index contributed by atoms with van der Waals surface area (Å²) >= 11 is 0. The maximum Gasteiger partial charge on any atom is 0.264 e. The highest BCUT2D eigenvalue weighted by molar-refractivity contribution is 6.41. The van der Waals surface area contributed by atoms with Crippen LogP contribution >= 0.6 is 0 Å². The minimum atomic E-state index is -0.0701. The van der Waals surface area contributed by atoms with Gasteiger partial charge < -0.3 is 10.7 Å². The molecule has 4 nitrogen and oxygen atoms in total. The highest BCUT2D eigenvalue weighted by Crippen LogP contribution is 2.46. The van der Waals surface area contributed by atoms with Crippen molar-refractivity contribution in [1.82, 2.24) is 4.98 Å². The van der Waals surface area contributed by atoms with Gasteiger partial charge in [-0.3, -0.25) is 9.69 Å². The number of para-hydroxylation sites is 4. The standard InChI is InChI=1S/C29H21N3O/c30-23-15-7-5-13-21(23)27(25-18-19-10-4-8-16-24(19)31-25)28-22-14-6-9-17-26(22)32(29(28)33)20-11-2-1-3-12-20/h1-18,31H,30H2/b28-27-. The molecule has 3 N–H and O–H groups in total. The number of hydrogen-bond acceptors (Lipinski definition) is 2. The topological polar surface area (TPSA) is 62.1 Å². The van der Waals surface area contributed by atoms with Gasteiger partial charge in [-0.05, 0) is 36.4 Å². The van der Waals surface area contributed by atoms with Gasteiger partial charge in [-0.25, -0.2) is 0 Å². The summed E-state index contributed by atoms with van der Waals surface area (Å²) in [6, 6.07) is 35.6. The normalized spacial score (nSPS) is 14.5. The number of rotatable bonds is 3. The Morgan fingerprint density at radius 3 is 2.27 bits per heavy atom. The van der Waals surface area contributed by atoms with Crippen LogP contribution in [0.5, 0.6) is 0 Å². The van der Waals surface area contributed by atoms with Gasteiger partial charge in [0.05, 0.1) is 11.3 Å². The Hall–Kier alpha value is -4.57. The average Bonchev–Trinajstić information content (AvgIpc) is 3.40. The van der Waals surface area contributed by atoms with Crippen LogP contribution in [0.25, 0.3) is 22.0 Å². The number of aromatic nitrogens is 1. The second-order valence-electron chi connectivity index (χ2n) is 8.10. The molecule has 0 atom stereocenters. The largest absolute Gasteiger partial charge is 0.398 e. The summed E-state index contributed by atoms with van der Waals surface area (Å²) in [5.74, 6) is -0.0701. The first-order chi connectivity index (χ1) is 16.2. The van der Waals surface area contributed by atoms with Crippen molar-refractivity contribution in [2.45, 2.75) is 0 Å². The van der Waals surface area contributed by atoms with E-state index in [4.69, 9.17) is 5.73 Å². The van der Waals surface area contributed by atoms with Gasteiger partial charge in [0.1, 0.15) is 0 Å². The zero-order valence-electron chi connectivity index (χ0n) is 17.8. The summed E-state index contributed by atoms with van der Waals surface area (Å²) in [7, 11) is 0. The van der Waals surface area contributed by atoms with E-state index in [1.807, 2.05) is 97.1 Å². The van der Waals surface area contributed by atoms with Crippen molar-refractivity contribution in [2.75, 3.05) is 10.6 Å². The first-order valence-electron chi connectivity index (χ1n) is 10.9. The summed E-state index contributed by atoms with van der Waals surface area (Å²) in [5.41, 5.74) is 13.8. The fourth-order valence-electron chi connectivity index (χ4n) is 4.64. The SMILES string of the molecule is Nc1ccccc1/C(=C1/C(=O)N(c2ccccc2)c2ccccc21)c1cc2ccccc2[nH]1. The van der Waals surface area contributed by atoms with Crippen molar-refractivity contribution < 1.29 is 4.79 Å². The molecule has 0 aliphatic carbocycles. The molecule has 0 bridgehead atoms. The van der Waals surface area contributed by atoms with Gasteiger partial charge in [-0.1, -0.05) is 72.8 Å². The van der Waals surface area contributed by atoms with Crippen LogP contribution in [-0.4, -0.2) is 10.9 Å². The van der Waals surface area contributed by atoms with Crippen molar-refractivity contribution in [3.05, 3.63) is 126 Å². The molecule has 0 saturated carbocycles. The summed E-state index contributed by atoms with van der Waals surface area (Å²) in [4.78, 5) is 19.4. The van der Waals surface area contributed by atoms with Crippen molar-refractivity contribution >= 4 is 45.0 Å². The molecular formula is C29H21N3O. The number of H-pyrrole nitrogens is 1. The fourth-order valence-corrected chi connectivity index (χ4v) is 4.64. The summed E-state index contributed by atoms with van der Waals surface area (Å²) in [6.45, 7) is 0. The van der Waals surface area contributed by atoms with Gasteiger partial charge in [0.15, 0.2) is 0 Å². The molecule has 0 unspecified atom stereocenters. The first-order valence-corrected chi connectivity index (χ1v) is 10.9. The lowest BCUT2D eigenvalue weighted by molar-refractivity contribution is -0.112. The van der Waals surface area contributed by atoms with Crippen LogP contribution in [-0.2, 0) is 4.79 Å². The molecule has 1 aliphatic rings. The van der Waals surface area contributed by atoms with Crippen LogP contribution in [0.1, 0.15) is 16.8 Å². The van der Waals surface area contributed by atoms with Crippen LogP contribution in [0.2, 0.25) is 0 Å². The van der Waals surface area contributed by atoms with E-state index in [0.717, 1.165) is 44.7 Å². The molecule has 0 spiro atoms. The van der Waals surface area contributed by atoms with Crippen molar-refractivity contribution in [3.63, 3.8) is 0 Å². The van der Waals surface area contributed by atoms with E-state index in [-0.39, 0.29) is 5.91 Å². The third-order valence-electron chi connectivity index (χ3n) is 6.13. The molecular weight excluding hydrogens is 406 g/mol. The predicted molar refractivity (Wildman–Crippen MR) is 135 cm³/mol. The molecule has 4 heteroatoms. The van der Waals surface area contributed by atoms with Gasteiger partial charge in [-0.15, -0.1) is 0 Å². The minimum absolute atomic E-state index is 0.0701. The van der Waals surface area contributed by atoms with Crippen molar-refractivity contribution in [3.8, 4) is 0 Å². The number of hydrogen-bond donors (Lipinski definition) is 2. The van der Waals surface area contributed by atoms with E-state index in [9.17, 15) is 4.79 Å². The molecule has 2 heterocycles. The Balaban J connectivity index is 1.69. The third kappa shape index (κ3) is 3.04. The van der Waals surface area contributed by atoms with Crippen LogP contribution in [0.4, 0.5) is 17.1 Å². The number of nitrogens with two attached hydrogens (primary N) is 1. The van der Waals surface area contributed by atoms with Gasteiger partial charge in [0, 0.05) is 44.7 Å². The van der Waals surface area contributed by atoms with Crippen LogP contribution in [0.3, 0.4) is 0 Å². The zero-order valence-corrected chi connectivity index (χ0v) is 17.8. The number of carbonyl (C=O) groups is 1. The number of nitrogens with one attached hydrogen (secondary N) is 1. The molecule has 5 aromatic rings.